The summed E-state index contributed by atoms with van der Waals surface area (Å²) < 4.78 is 33.6. The molecule has 2 heterocycles. The molecule has 1 saturated heterocycles. The molecule has 2 aliphatic rings. The van der Waals surface area contributed by atoms with Gasteiger partial charge in [0.05, 0.1) is 41.1 Å². The van der Waals surface area contributed by atoms with Crippen molar-refractivity contribution in [1.29, 1.82) is 0 Å². The van der Waals surface area contributed by atoms with Crippen LogP contribution in [-0.4, -0.2) is 55.1 Å². The Kier molecular flexibility index (Phi) is 10.5. The third-order valence-corrected chi connectivity index (χ3v) is 8.40. The third kappa shape index (κ3) is 7.52. The Bertz CT molecular complexity index is 1270. The van der Waals surface area contributed by atoms with Gasteiger partial charge in [0.1, 0.15) is 4.91 Å². The summed E-state index contributed by atoms with van der Waals surface area (Å²) in [6.07, 6.45) is 3.91. The van der Waals surface area contributed by atoms with E-state index in [0.717, 1.165) is 11.3 Å². The molecule has 2 aromatic carbocycles. The number of hydrogen-bond acceptors (Lipinski definition) is 7. The molecule has 1 N–H and O–H groups in total. The Morgan fingerprint density at radius 1 is 0.946 bits per heavy atom. The molecule has 0 atom stereocenters. The highest BCUT2D eigenvalue weighted by Gasteiger charge is 2.37. The van der Waals surface area contributed by atoms with Crippen LogP contribution in [0.4, 0.5) is 11.4 Å². The van der Waals surface area contributed by atoms with E-state index in [0.29, 0.717) is 20.6 Å². The van der Waals surface area contributed by atoms with Crippen LogP contribution in [0.2, 0.25) is 0 Å². The lowest BCUT2D eigenvalue weighted by atomic mass is 10.0. The SMILES string of the molecule is CC[NH+](CC)CC.O=C1/C(=C2/C=Cc3ccccc3N2CCCS(=O)(=O)[O-])SC(=S)N1c1ccccc1. The zero-order chi connectivity index (χ0) is 27.0. The largest absolute Gasteiger partial charge is 0.748 e. The summed E-state index contributed by atoms with van der Waals surface area (Å²) in [6.45, 7) is 10.8. The molecule has 0 bridgehead atoms. The molecule has 37 heavy (non-hydrogen) atoms. The molecule has 0 unspecified atom stereocenters. The van der Waals surface area contributed by atoms with Gasteiger partial charge in [-0.2, -0.15) is 0 Å². The molecule has 0 aromatic heterocycles. The topological polar surface area (TPSA) is 85.2 Å². The van der Waals surface area contributed by atoms with Crippen molar-refractivity contribution in [2.45, 2.75) is 27.2 Å². The highest BCUT2D eigenvalue weighted by Crippen LogP contribution is 2.41. The zero-order valence-electron chi connectivity index (χ0n) is 21.3. The van der Waals surface area contributed by atoms with Gasteiger partial charge in [-0.15, -0.1) is 0 Å². The summed E-state index contributed by atoms with van der Waals surface area (Å²) in [6, 6.07) is 16.8. The van der Waals surface area contributed by atoms with Gasteiger partial charge < -0.3 is 14.4 Å². The van der Waals surface area contributed by atoms with E-state index in [-0.39, 0.29) is 18.9 Å². The van der Waals surface area contributed by atoms with Crippen LogP contribution in [0.25, 0.3) is 6.08 Å². The van der Waals surface area contributed by atoms with E-state index in [9.17, 15) is 17.8 Å². The van der Waals surface area contributed by atoms with Crippen molar-refractivity contribution >= 4 is 61.8 Å². The Morgan fingerprint density at radius 3 is 2.16 bits per heavy atom. The predicted octanol–water partition coefficient (Wildman–Crippen LogP) is 3.66. The summed E-state index contributed by atoms with van der Waals surface area (Å²) in [4.78, 5) is 18.8. The number of nitrogens with zero attached hydrogens (tertiary/aromatic N) is 2. The molecular formula is C27H33N3O4S3. The molecule has 0 radical (unpaired) electrons. The Hall–Kier alpha value is -2.50. The average Bonchev–Trinajstić information content (AvgIpc) is 3.18. The van der Waals surface area contributed by atoms with Gasteiger partial charge in [0.2, 0.25) is 0 Å². The number of hydrogen-bond donors (Lipinski definition) is 1. The molecule has 0 spiro atoms. The van der Waals surface area contributed by atoms with Gasteiger partial charge >= 0.3 is 0 Å². The average molecular weight is 560 g/mol. The minimum Gasteiger partial charge on any atom is -0.748 e. The van der Waals surface area contributed by atoms with Gasteiger partial charge in [-0.05, 0) is 57.0 Å². The number of thiocarbonyl (C=S) groups is 1. The van der Waals surface area contributed by atoms with Crippen LogP contribution in [0.1, 0.15) is 32.8 Å². The summed E-state index contributed by atoms with van der Waals surface area (Å²) in [5.41, 5.74) is 3.14. The Balaban J connectivity index is 0.000000479. The number of carbonyl (C=O) groups excluding carboxylic acids is 1. The smallest absolute Gasteiger partial charge is 0.272 e. The number of benzene rings is 2. The van der Waals surface area contributed by atoms with Crippen LogP contribution in [0, 0.1) is 0 Å². The standard InChI is InChI=1S/C21H18N2O4S3.C6H15N/c24-20-19(29-21(28)23(20)16-8-2-1-3-9-16)18-12-11-15-7-4-5-10-17(15)22(18)13-6-14-30(25,26)27;1-4-7(5-2)6-3/h1-5,7-12H,6,13-14H2,(H,25,26,27);4-6H2,1-3H3/b19-18+;. The zero-order valence-corrected chi connectivity index (χ0v) is 23.8. The number of rotatable bonds is 8. The Labute approximate surface area is 229 Å². The molecule has 0 saturated carbocycles. The van der Waals surface area contributed by atoms with Crippen molar-refractivity contribution in [3.05, 3.63) is 76.8 Å². The first-order valence-electron chi connectivity index (χ1n) is 12.4. The highest BCUT2D eigenvalue weighted by atomic mass is 32.2. The van der Waals surface area contributed by atoms with E-state index >= 15 is 0 Å². The second kappa shape index (κ2) is 13.3. The van der Waals surface area contributed by atoms with Crippen molar-refractivity contribution in [2.24, 2.45) is 0 Å². The molecule has 4 rings (SSSR count). The van der Waals surface area contributed by atoms with Gasteiger partial charge in [-0.3, -0.25) is 9.69 Å². The minimum atomic E-state index is -4.32. The summed E-state index contributed by atoms with van der Waals surface area (Å²) in [7, 11) is -4.32. The molecule has 7 nitrogen and oxygen atoms in total. The number of quaternary nitrogens is 1. The van der Waals surface area contributed by atoms with E-state index in [2.05, 4.69) is 20.8 Å². The van der Waals surface area contributed by atoms with E-state index in [1.807, 2.05) is 71.6 Å². The Morgan fingerprint density at radius 2 is 1.57 bits per heavy atom. The fourth-order valence-corrected chi connectivity index (χ4v) is 6.01. The monoisotopic (exact) mass is 559 g/mol. The van der Waals surface area contributed by atoms with Crippen LogP contribution in [0.15, 0.2) is 71.3 Å². The summed E-state index contributed by atoms with van der Waals surface area (Å²) in [5.74, 6) is -0.690. The first kappa shape index (κ1) is 29.1. The fraction of sp³-hybridized carbons (Fsp3) is 0.333. The van der Waals surface area contributed by atoms with Crippen LogP contribution in [-0.2, 0) is 14.9 Å². The second-order valence-corrected chi connectivity index (χ2v) is 11.7. The number of para-hydroxylation sites is 2. The van der Waals surface area contributed by atoms with Gasteiger partial charge in [0.15, 0.2) is 4.32 Å². The molecule has 1 amide bonds. The van der Waals surface area contributed by atoms with E-state index in [4.69, 9.17) is 12.2 Å². The molecule has 2 aromatic rings. The van der Waals surface area contributed by atoms with Gasteiger partial charge in [0.25, 0.3) is 5.91 Å². The maximum Gasteiger partial charge on any atom is 0.272 e. The first-order valence-corrected chi connectivity index (χ1v) is 15.2. The van der Waals surface area contributed by atoms with Gasteiger partial charge in [0, 0.05) is 18.0 Å². The van der Waals surface area contributed by atoms with Crippen LogP contribution >= 0.6 is 24.0 Å². The number of amides is 1. The second-order valence-electron chi connectivity index (χ2n) is 8.53. The van der Waals surface area contributed by atoms with Crippen LogP contribution in [0.5, 0.6) is 0 Å². The third-order valence-electron chi connectivity index (χ3n) is 6.23. The fourth-order valence-electron chi connectivity index (χ4n) is 4.17. The number of anilines is 2. The van der Waals surface area contributed by atoms with Crippen LogP contribution < -0.4 is 14.7 Å². The number of carbonyl (C=O) groups is 1. The quantitative estimate of drug-likeness (QED) is 0.300. The van der Waals surface area contributed by atoms with Crippen LogP contribution in [0.3, 0.4) is 0 Å². The minimum absolute atomic E-state index is 0.149. The lowest BCUT2D eigenvalue weighted by molar-refractivity contribution is -0.894. The molecule has 0 aliphatic carbocycles. The van der Waals surface area contributed by atoms with E-state index < -0.39 is 15.9 Å². The van der Waals surface area contributed by atoms with Gasteiger partial charge in [-0.25, -0.2) is 8.42 Å². The molecular weight excluding hydrogens is 527 g/mol. The maximum atomic E-state index is 13.3. The maximum absolute atomic E-state index is 13.3. The first-order chi connectivity index (χ1) is 17.7. The lowest BCUT2D eigenvalue weighted by Gasteiger charge is -2.31. The number of nitrogens with one attached hydrogen (secondary N) is 1. The number of fused-ring (bicyclic) bond motifs is 1. The van der Waals surface area contributed by atoms with Crippen molar-refractivity contribution < 1.29 is 22.7 Å². The number of allylic oxidation sites excluding steroid dienone is 1. The van der Waals surface area contributed by atoms with Crippen molar-refractivity contribution in [2.75, 3.05) is 41.7 Å². The highest BCUT2D eigenvalue weighted by molar-refractivity contribution is 8.27. The molecule has 2 aliphatic heterocycles. The summed E-state index contributed by atoms with van der Waals surface area (Å²) >= 11 is 6.68. The van der Waals surface area contributed by atoms with Crippen molar-refractivity contribution in [3.63, 3.8) is 0 Å². The van der Waals surface area contributed by atoms with Gasteiger partial charge in [-0.1, -0.05) is 66.5 Å². The molecule has 1 fully saturated rings. The predicted molar refractivity (Wildman–Crippen MR) is 156 cm³/mol. The lowest BCUT2D eigenvalue weighted by Crippen LogP contribution is -3.11. The molecule has 10 heteroatoms. The summed E-state index contributed by atoms with van der Waals surface area (Å²) in [5, 5.41) is 0. The normalized spacial score (nSPS) is 17.2. The van der Waals surface area contributed by atoms with Crippen molar-refractivity contribution in [1.82, 2.24) is 0 Å². The van der Waals surface area contributed by atoms with Crippen molar-refractivity contribution in [3.8, 4) is 0 Å². The van der Waals surface area contributed by atoms with E-state index in [1.54, 1.807) is 4.90 Å². The number of thioether (sulfide) groups is 1. The molecule has 198 valence electrons. The van der Waals surface area contributed by atoms with E-state index in [1.165, 1.54) is 36.3 Å².